The zero-order chi connectivity index (χ0) is 23.8. The molecule has 0 unspecified atom stereocenters. The average molecular weight is 450 g/mol. The average Bonchev–Trinajstić information content (AvgIpc) is 3.16. The lowest BCUT2D eigenvalue weighted by atomic mass is 10.1. The number of anilines is 1. The van der Waals surface area contributed by atoms with Crippen molar-refractivity contribution in [3.63, 3.8) is 0 Å². The summed E-state index contributed by atoms with van der Waals surface area (Å²) >= 11 is 0. The van der Waals surface area contributed by atoms with Gasteiger partial charge >= 0.3 is 0 Å². The molecule has 0 saturated carbocycles. The molecule has 33 heavy (non-hydrogen) atoms. The summed E-state index contributed by atoms with van der Waals surface area (Å²) in [6, 6.07) is 12.8. The minimum Gasteiger partial charge on any atom is -0.493 e. The molecule has 174 valence electrons. The smallest absolute Gasteiger partial charge is 0.257 e. The maximum Gasteiger partial charge on any atom is 0.257 e. The maximum absolute atomic E-state index is 12.9. The van der Waals surface area contributed by atoms with Crippen LogP contribution in [0.3, 0.4) is 0 Å². The van der Waals surface area contributed by atoms with Crippen LogP contribution in [0.2, 0.25) is 0 Å². The monoisotopic (exact) mass is 449 g/mol. The second kappa shape index (κ2) is 11.2. The number of aliphatic imine (C=N–C) groups is 1. The number of carbonyl (C=O) groups excluding carboxylic acids is 1. The standard InChI is InChI=1S/C25H31N5O3/c1-6-12-30-16-20(18(3)29-30)15-26-25(28-24(31)19-9-7-8-17(2)13-19)27-21-10-11-22(32-4)23(14-21)33-5/h7-11,13-14,16H,6,12,15H2,1-5H3,(H2,26,27,28,31). The van der Waals surface area contributed by atoms with E-state index < -0.39 is 0 Å². The van der Waals surface area contributed by atoms with Gasteiger partial charge in [-0.25, -0.2) is 4.99 Å². The molecular weight excluding hydrogens is 418 g/mol. The van der Waals surface area contributed by atoms with E-state index in [1.54, 1.807) is 32.4 Å². The molecule has 0 atom stereocenters. The second-order valence-electron chi connectivity index (χ2n) is 7.69. The van der Waals surface area contributed by atoms with E-state index in [0.717, 1.165) is 29.8 Å². The number of rotatable bonds is 8. The Hall–Kier alpha value is -3.81. The number of nitrogens with zero attached hydrogens (tertiary/aromatic N) is 3. The lowest BCUT2D eigenvalue weighted by Crippen LogP contribution is -2.36. The minimum absolute atomic E-state index is 0.246. The number of methoxy groups -OCH3 is 2. The fraction of sp³-hybridized carbons (Fsp3) is 0.320. The number of hydrogen-bond donors (Lipinski definition) is 2. The first-order valence-electron chi connectivity index (χ1n) is 10.9. The molecule has 0 fully saturated rings. The second-order valence-corrected chi connectivity index (χ2v) is 7.69. The van der Waals surface area contributed by atoms with E-state index in [1.165, 1.54) is 0 Å². The summed E-state index contributed by atoms with van der Waals surface area (Å²) in [5, 5.41) is 10.6. The highest BCUT2D eigenvalue weighted by Crippen LogP contribution is 2.29. The first-order chi connectivity index (χ1) is 15.9. The van der Waals surface area contributed by atoms with Gasteiger partial charge in [-0.15, -0.1) is 0 Å². The summed E-state index contributed by atoms with van der Waals surface area (Å²) < 4.78 is 12.6. The number of aromatic nitrogens is 2. The molecule has 8 heteroatoms. The third-order valence-corrected chi connectivity index (χ3v) is 5.07. The van der Waals surface area contributed by atoms with Gasteiger partial charge in [0.05, 0.1) is 26.5 Å². The van der Waals surface area contributed by atoms with Crippen LogP contribution in [0.1, 0.15) is 40.5 Å². The molecule has 2 N–H and O–H groups in total. The van der Waals surface area contributed by atoms with Gasteiger partial charge in [0.1, 0.15) is 0 Å². The maximum atomic E-state index is 12.9. The number of aryl methyl sites for hydroxylation is 3. The third kappa shape index (κ3) is 6.35. The van der Waals surface area contributed by atoms with Gasteiger partial charge in [0, 0.05) is 35.6 Å². The van der Waals surface area contributed by atoms with Crippen LogP contribution in [0, 0.1) is 13.8 Å². The Morgan fingerprint density at radius 2 is 1.88 bits per heavy atom. The summed E-state index contributed by atoms with van der Waals surface area (Å²) in [5.74, 6) is 1.27. The Morgan fingerprint density at radius 1 is 1.09 bits per heavy atom. The summed E-state index contributed by atoms with van der Waals surface area (Å²) in [6.07, 6.45) is 3.00. The van der Waals surface area contributed by atoms with Crippen LogP contribution in [0.15, 0.2) is 53.7 Å². The Balaban J connectivity index is 1.87. The van der Waals surface area contributed by atoms with Crippen LogP contribution in [0.4, 0.5) is 5.69 Å². The Bertz CT molecular complexity index is 1140. The van der Waals surface area contributed by atoms with Gasteiger partial charge in [-0.3, -0.25) is 14.8 Å². The number of ether oxygens (including phenoxy) is 2. The molecule has 0 saturated heterocycles. The predicted octanol–water partition coefficient (Wildman–Crippen LogP) is 4.33. The highest BCUT2D eigenvalue weighted by atomic mass is 16.5. The topological polar surface area (TPSA) is 89.8 Å². The van der Waals surface area contributed by atoms with Crippen LogP contribution >= 0.6 is 0 Å². The van der Waals surface area contributed by atoms with Gasteiger partial charge < -0.3 is 14.8 Å². The number of benzene rings is 2. The van der Waals surface area contributed by atoms with E-state index in [1.807, 2.05) is 49.0 Å². The summed E-state index contributed by atoms with van der Waals surface area (Å²) in [7, 11) is 3.16. The van der Waals surface area contributed by atoms with Crippen LogP contribution in [0.5, 0.6) is 11.5 Å². The number of carbonyl (C=O) groups is 1. The van der Waals surface area contributed by atoms with Crippen LogP contribution in [-0.2, 0) is 13.1 Å². The van der Waals surface area contributed by atoms with Crippen LogP contribution in [-0.4, -0.2) is 35.9 Å². The molecule has 1 heterocycles. The Morgan fingerprint density at radius 3 is 2.58 bits per heavy atom. The fourth-order valence-electron chi connectivity index (χ4n) is 3.35. The van der Waals surface area contributed by atoms with E-state index >= 15 is 0 Å². The summed E-state index contributed by atoms with van der Waals surface area (Å²) in [5.41, 5.74) is 4.19. The molecule has 0 radical (unpaired) electrons. The van der Waals surface area contributed by atoms with E-state index in [9.17, 15) is 4.79 Å². The molecule has 0 bridgehead atoms. The van der Waals surface area contributed by atoms with Crippen molar-refractivity contribution in [3.8, 4) is 11.5 Å². The normalized spacial score (nSPS) is 11.2. The quantitative estimate of drug-likeness (QED) is 0.395. The highest BCUT2D eigenvalue weighted by Gasteiger charge is 2.12. The van der Waals surface area contributed by atoms with Gasteiger partial charge in [-0.2, -0.15) is 5.10 Å². The first-order valence-corrected chi connectivity index (χ1v) is 10.9. The number of guanidine groups is 1. The van der Waals surface area contributed by atoms with Gasteiger partial charge in [0.25, 0.3) is 5.91 Å². The van der Waals surface area contributed by atoms with Crippen molar-refractivity contribution in [1.82, 2.24) is 15.1 Å². The van der Waals surface area contributed by atoms with E-state index in [4.69, 9.17) is 9.47 Å². The van der Waals surface area contributed by atoms with Crippen molar-refractivity contribution < 1.29 is 14.3 Å². The highest BCUT2D eigenvalue weighted by molar-refractivity contribution is 6.10. The van der Waals surface area contributed by atoms with Gasteiger partial charge in [0.2, 0.25) is 5.96 Å². The Labute approximate surface area is 194 Å². The molecule has 0 aliphatic heterocycles. The number of nitrogens with one attached hydrogen (secondary N) is 2. The van der Waals surface area contributed by atoms with Crippen molar-refractivity contribution in [2.45, 2.75) is 40.3 Å². The molecule has 8 nitrogen and oxygen atoms in total. The van der Waals surface area contributed by atoms with Crippen LogP contribution in [0.25, 0.3) is 0 Å². The zero-order valence-electron chi connectivity index (χ0n) is 19.8. The van der Waals surface area contributed by atoms with Crippen molar-refractivity contribution in [1.29, 1.82) is 0 Å². The van der Waals surface area contributed by atoms with Crippen LogP contribution < -0.4 is 20.1 Å². The molecule has 2 aromatic carbocycles. The Kier molecular flexibility index (Phi) is 8.07. The van der Waals surface area contributed by atoms with E-state index in [0.29, 0.717) is 35.3 Å². The van der Waals surface area contributed by atoms with Crippen molar-refractivity contribution in [2.24, 2.45) is 4.99 Å². The SMILES string of the molecule is CCCn1cc(CN=C(NC(=O)c2cccc(C)c2)Nc2ccc(OC)c(OC)c2)c(C)n1. The molecule has 1 aromatic heterocycles. The van der Waals surface area contributed by atoms with E-state index in [-0.39, 0.29) is 5.91 Å². The summed E-state index contributed by atoms with van der Waals surface area (Å²) in [4.78, 5) is 17.6. The largest absolute Gasteiger partial charge is 0.493 e. The zero-order valence-corrected chi connectivity index (χ0v) is 19.8. The van der Waals surface area contributed by atoms with Crippen molar-refractivity contribution >= 4 is 17.6 Å². The molecule has 3 aromatic rings. The molecule has 0 aliphatic rings. The molecule has 1 amide bonds. The third-order valence-electron chi connectivity index (χ3n) is 5.07. The van der Waals surface area contributed by atoms with Gasteiger partial charge in [-0.1, -0.05) is 24.6 Å². The number of hydrogen-bond acceptors (Lipinski definition) is 5. The lowest BCUT2D eigenvalue weighted by Gasteiger charge is -2.14. The molecule has 3 rings (SSSR count). The fourth-order valence-corrected chi connectivity index (χ4v) is 3.35. The van der Waals surface area contributed by atoms with E-state index in [2.05, 4.69) is 27.6 Å². The van der Waals surface area contributed by atoms with Crippen molar-refractivity contribution in [2.75, 3.05) is 19.5 Å². The van der Waals surface area contributed by atoms with Crippen molar-refractivity contribution in [3.05, 3.63) is 71.0 Å². The molecular formula is C25H31N5O3. The number of amides is 1. The van der Waals surface area contributed by atoms with Gasteiger partial charge in [-0.05, 0) is 44.5 Å². The molecule has 0 spiro atoms. The predicted molar refractivity (Wildman–Crippen MR) is 130 cm³/mol. The first kappa shape index (κ1) is 23.8. The summed E-state index contributed by atoms with van der Waals surface area (Å²) in [6.45, 7) is 7.25. The molecule has 0 aliphatic carbocycles. The minimum atomic E-state index is -0.246. The lowest BCUT2D eigenvalue weighted by molar-refractivity contribution is 0.0977. The van der Waals surface area contributed by atoms with Gasteiger partial charge in [0.15, 0.2) is 11.5 Å².